The van der Waals surface area contributed by atoms with Gasteiger partial charge in [-0.1, -0.05) is 12.1 Å². The lowest BCUT2D eigenvalue weighted by Gasteiger charge is -2.45. The number of fused-ring (bicyclic) bond motifs is 4. The summed E-state index contributed by atoms with van der Waals surface area (Å²) in [4.78, 5) is 15.0. The molecule has 0 saturated carbocycles. The molecule has 0 radical (unpaired) electrons. The molecular weight excluding hydrogens is 505 g/mol. The molecule has 0 unspecified atom stereocenters. The normalized spacial score (nSPS) is 17.2. The highest BCUT2D eigenvalue weighted by Gasteiger charge is 2.48. The first-order valence-electron chi connectivity index (χ1n) is 12.0. The van der Waals surface area contributed by atoms with E-state index >= 15 is 0 Å². The zero-order valence-corrected chi connectivity index (χ0v) is 21.5. The Bertz CT molecular complexity index is 1460. The third-order valence-corrected chi connectivity index (χ3v) is 9.63. The van der Waals surface area contributed by atoms with Crippen molar-refractivity contribution in [1.82, 2.24) is 9.47 Å². The van der Waals surface area contributed by atoms with E-state index in [-0.39, 0.29) is 23.9 Å². The van der Waals surface area contributed by atoms with E-state index in [2.05, 4.69) is 0 Å². The number of aromatic nitrogens is 1. The number of para-hydroxylation sites is 2. The summed E-state index contributed by atoms with van der Waals surface area (Å²) in [6, 6.07) is 15.1. The second kappa shape index (κ2) is 8.37. The van der Waals surface area contributed by atoms with Gasteiger partial charge in [0.2, 0.25) is 0 Å². The predicted octanol–water partition coefficient (Wildman–Crippen LogP) is 5.59. The average Bonchev–Trinajstić information content (AvgIpc) is 3.31. The smallest absolute Gasteiger partial charge is 0.431 e. The number of hydrogen-bond acceptors (Lipinski definition) is 4. The number of rotatable bonds is 2. The van der Waals surface area contributed by atoms with E-state index in [0.717, 1.165) is 6.07 Å². The molecular formula is C27H27F3N2O4S. The Morgan fingerprint density at radius 3 is 2.14 bits per heavy atom. The molecule has 2 aliphatic rings. The molecule has 6 nitrogen and oxygen atoms in total. The number of carbonyl (C=O) groups excluding carboxylic acids is 1. The van der Waals surface area contributed by atoms with E-state index in [4.69, 9.17) is 4.74 Å². The molecule has 0 aliphatic carbocycles. The Labute approximate surface area is 213 Å². The van der Waals surface area contributed by atoms with Gasteiger partial charge >= 0.3 is 6.18 Å². The molecule has 196 valence electrons. The Balaban J connectivity index is 1.39. The number of amides is 1. The maximum absolute atomic E-state index is 13.8. The number of carbonyl (C=O) groups is 1. The van der Waals surface area contributed by atoms with Crippen molar-refractivity contribution in [3.8, 4) is 11.4 Å². The largest absolute Gasteiger partial charge is 0.479 e. The van der Waals surface area contributed by atoms with Crippen LogP contribution in [0.5, 0.6) is 5.75 Å². The van der Waals surface area contributed by atoms with Crippen LogP contribution in [-0.2, 0) is 21.6 Å². The number of benzene rings is 2. The van der Waals surface area contributed by atoms with Gasteiger partial charge in [-0.05, 0) is 69.3 Å². The van der Waals surface area contributed by atoms with Crippen LogP contribution in [0.1, 0.15) is 55.4 Å². The van der Waals surface area contributed by atoms with Crippen molar-refractivity contribution in [2.24, 2.45) is 0 Å². The minimum atomic E-state index is -4.53. The lowest BCUT2D eigenvalue weighted by atomic mass is 9.86. The number of ether oxygens (including phenoxy) is 1. The predicted molar refractivity (Wildman–Crippen MR) is 132 cm³/mol. The fourth-order valence-corrected chi connectivity index (χ4v) is 6.21. The van der Waals surface area contributed by atoms with Gasteiger partial charge in [0.15, 0.2) is 15.4 Å². The van der Waals surface area contributed by atoms with Crippen molar-refractivity contribution < 1.29 is 31.1 Å². The highest BCUT2D eigenvalue weighted by Crippen LogP contribution is 2.48. The lowest BCUT2D eigenvalue weighted by molar-refractivity contribution is -0.143. The molecule has 3 heterocycles. The first-order chi connectivity index (χ1) is 17.2. The lowest BCUT2D eigenvalue weighted by Crippen LogP contribution is -2.50. The monoisotopic (exact) mass is 532 g/mol. The fourth-order valence-electron chi connectivity index (χ4n) is 5.01. The van der Waals surface area contributed by atoms with Crippen LogP contribution in [0.3, 0.4) is 0 Å². The molecule has 1 fully saturated rings. The first-order valence-corrected chi connectivity index (χ1v) is 13.4. The van der Waals surface area contributed by atoms with Crippen LogP contribution in [0.25, 0.3) is 5.69 Å². The Hall–Kier alpha value is -3.27. The summed E-state index contributed by atoms with van der Waals surface area (Å²) in [5.41, 5.74) is -0.659. The molecule has 3 aromatic rings. The Morgan fingerprint density at radius 1 is 0.919 bits per heavy atom. The zero-order chi connectivity index (χ0) is 26.8. The summed E-state index contributed by atoms with van der Waals surface area (Å²) in [6.07, 6.45) is -3.91. The van der Waals surface area contributed by atoms with Crippen molar-refractivity contribution in [3.63, 3.8) is 0 Å². The van der Waals surface area contributed by atoms with Crippen molar-refractivity contribution in [2.45, 2.75) is 55.0 Å². The molecule has 10 heteroatoms. The first kappa shape index (κ1) is 25.4. The van der Waals surface area contributed by atoms with Gasteiger partial charge in [-0.15, -0.1) is 0 Å². The average molecular weight is 533 g/mol. The molecule has 0 bridgehead atoms. The van der Waals surface area contributed by atoms with Crippen molar-refractivity contribution in [3.05, 3.63) is 77.6 Å². The Morgan fingerprint density at radius 2 is 1.54 bits per heavy atom. The SMILES string of the molecule is CC(C)(C)S(=O)(=O)c1ccc(C(=O)N2CCC3(CC2)Oc2ccccc2-n2c(C(F)(F)F)ccc23)cc1. The number of likely N-dealkylation sites (tertiary alicyclic amines) is 1. The minimum Gasteiger partial charge on any atom is -0.479 e. The van der Waals surface area contributed by atoms with Gasteiger partial charge in [0.25, 0.3) is 5.91 Å². The molecule has 0 N–H and O–H groups in total. The van der Waals surface area contributed by atoms with E-state index in [9.17, 15) is 26.4 Å². The van der Waals surface area contributed by atoms with Gasteiger partial charge in [-0.25, -0.2) is 8.42 Å². The van der Waals surface area contributed by atoms with Crippen LogP contribution in [0.4, 0.5) is 13.2 Å². The summed E-state index contributed by atoms with van der Waals surface area (Å²) in [6.45, 7) is 5.39. The highest BCUT2D eigenvalue weighted by atomic mass is 32.2. The molecule has 37 heavy (non-hydrogen) atoms. The van der Waals surface area contributed by atoms with Crippen molar-refractivity contribution in [2.75, 3.05) is 13.1 Å². The van der Waals surface area contributed by atoms with Gasteiger partial charge in [0.1, 0.15) is 11.4 Å². The summed E-state index contributed by atoms with van der Waals surface area (Å²) in [5, 5.41) is 0. The van der Waals surface area contributed by atoms with E-state index in [0.29, 0.717) is 35.5 Å². The summed E-state index contributed by atoms with van der Waals surface area (Å²) >= 11 is 0. The second-order valence-corrected chi connectivity index (χ2v) is 13.1. The maximum Gasteiger partial charge on any atom is 0.431 e. The zero-order valence-electron chi connectivity index (χ0n) is 20.7. The fraction of sp³-hybridized carbons (Fsp3) is 0.370. The number of nitrogens with zero attached hydrogens (tertiary/aromatic N) is 2. The number of alkyl halides is 3. The second-order valence-electron chi connectivity index (χ2n) is 10.4. The van der Waals surface area contributed by atoms with Crippen LogP contribution in [0, 0.1) is 0 Å². The molecule has 2 aliphatic heterocycles. The number of piperidine rings is 1. The quantitative estimate of drug-likeness (QED) is 0.432. The topological polar surface area (TPSA) is 68.6 Å². The third-order valence-electron chi connectivity index (χ3n) is 7.13. The third kappa shape index (κ3) is 4.11. The highest BCUT2D eigenvalue weighted by molar-refractivity contribution is 7.92. The van der Waals surface area contributed by atoms with Crippen LogP contribution in [-0.4, -0.2) is 41.6 Å². The van der Waals surface area contributed by atoms with Crippen LogP contribution in [0.2, 0.25) is 0 Å². The Kier molecular flexibility index (Phi) is 5.74. The van der Waals surface area contributed by atoms with Crippen molar-refractivity contribution in [1.29, 1.82) is 0 Å². The molecule has 1 saturated heterocycles. The molecule has 1 amide bonds. The van der Waals surface area contributed by atoms with E-state index in [1.807, 2.05) is 0 Å². The molecule has 1 aromatic heterocycles. The van der Waals surface area contributed by atoms with E-state index in [1.165, 1.54) is 34.9 Å². The van der Waals surface area contributed by atoms with Gasteiger partial charge < -0.3 is 14.2 Å². The number of sulfone groups is 1. The maximum atomic E-state index is 13.8. The summed E-state index contributed by atoms with van der Waals surface area (Å²) in [5.74, 6) is 0.101. The minimum absolute atomic E-state index is 0.143. The molecule has 1 spiro atoms. The molecule has 0 atom stereocenters. The van der Waals surface area contributed by atoms with Crippen LogP contribution < -0.4 is 4.74 Å². The molecule has 2 aromatic carbocycles. The number of hydrogen-bond donors (Lipinski definition) is 0. The molecule has 5 rings (SSSR count). The summed E-state index contributed by atoms with van der Waals surface area (Å²) in [7, 11) is -3.55. The van der Waals surface area contributed by atoms with Gasteiger partial charge in [-0.3, -0.25) is 4.79 Å². The van der Waals surface area contributed by atoms with E-state index in [1.54, 1.807) is 49.9 Å². The van der Waals surface area contributed by atoms with Crippen molar-refractivity contribution >= 4 is 15.7 Å². The van der Waals surface area contributed by atoms with Crippen LogP contribution in [0.15, 0.2) is 65.6 Å². The number of halogens is 3. The van der Waals surface area contributed by atoms with Gasteiger partial charge in [-0.2, -0.15) is 13.2 Å². The summed E-state index contributed by atoms with van der Waals surface area (Å²) < 4.78 is 73.4. The van der Waals surface area contributed by atoms with Gasteiger partial charge in [0, 0.05) is 31.5 Å². The van der Waals surface area contributed by atoms with Crippen LogP contribution >= 0.6 is 0 Å². The van der Waals surface area contributed by atoms with Gasteiger partial charge in [0.05, 0.1) is 21.0 Å². The van der Waals surface area contributed by atoms with E-state index < -0.39 is 32.1 Å². The standard InChI is InChI=1S/C27H27F3N2O4S/c1-25(2,3)37(34,35)19-10-8-18(9-11-19)24(33)31-16-14-26(15-17-31)22-12-13-23(27(28,29)30)32(22)20-6-4-5-7-21(20)36-26/h4-13H,14-17H2,1-3H3.